The summed E-state index contributed by atoms with van der Waals surface area (Å²) in [5, 5.41) is 0.512. The van der Waals surface area contributed by atoms with E-state index in [-0.39, 0.29) is 24.5 Å². The summed E-state index contributed by atoms with van der Waals surface area (Å²) >= 11 is 5.82. The van der Waals surface area contributed by atoms with Gasteiger partial charge in [0.05, 0.1) is 5.56 Å². The average molecular weight is 397 g/mol. The zero-order valence-electron chi connectivity index (χ0n) is 14.8. The van der Waals surface area contributed by atoms with Crippen molar-refractivity contribution in [3.63, 3.8) is 0 Å². The highest BCUT2D eigenvalue weighted by Crippen LogP contribution is 2.21. The quantitative estimate of drug-likeness (QED) is 0.326. The smallest absolute Gasteiger partial charge is 0.343 e. The number of carbonyl (C=O) groups is 2. The third-order valence-electron chi connectivity index (χ3n) is 3.72. The fourth-order valence-electron chi connectivity index (χ4n) is 2.36. The Morgan fingerprint density at radius 1 is 0.750 bits per heavy atom. The zero-order chi connectivity index (χ0) is 19.8. The molecule has 5 nitrogen and oxygen atoms in total. The maximum atomic E-state index is 12.4. The molecule has 0 amide bonds. The van der Waals surface area contributed by atoms with Crippen LogP contribution in [0.15, 0.2) is 78.9 Å². The van der Waals surface area contributed by atoms with Crippen LogP contribution >= 0.6 is 11.6 Å². The van der Waals surface area contributed by atoms with Crippen molar-refractivity contribution in [1.82, 2.24) is 0 Å². The summed E-state index contributed by atoms with van der Waals surface area (Å²) in [4.78, 5) is 24.6. The molecule has 3 rings (SSSR count). The molecule has 0 spiro atoms. The molecule has 0 saturated heterocycles. The van der Waals surface area contributed by atoms with Crippen molar-refractivity contribution in [2.75, 3.05) is 13.2 Å². The van der Waals surface area contributed by atoms with Crippen molar-refractivity contribution in [1.29, 1.82) is 0 Å². The summed E-state index contributed by atoms with van der Waals surface area (Å²) in [6, 6.07) is 21.9. The molecular formula is C22H17ClO5. The Kier molecular flexibility index (Phi) is 6.65. The van der Waals surface area contributed by atoms with Gasteiger partial charge in [-0.05, 0) is 48.5 Å². The molecule has 0 aliphatic carbocycles. The third-order valence-corrected chi connectivity index (χ3v) is 3.97. The minimum atomic E-state index is -0.601. The Morgan fingerprint density at radius 2 is 1.43 bits per heavy atom. The van der Waals surface area contributed by atoms with Gasteiger partial charge in [-0.3, -0.25) is 0 Å². The van der Waals surface area contributed by atoms with E-state index in [1.54, 1.807) is 36.4 Å². The number of esters is 2. The van der Waals surface area contributed by atoms with Gasteiger partial charge in [0.15, 0.2) is 0 Å². The van der Waals surface area contributed by atoms with Crippen LogP contribution in [0.25, 0.3) is 0 Å². The van der Waals surface area contributed by atoms with Gasteiger partial charge in [0, 0.05) is 5.02 Å². The van der Waals surface area contributed by atoms with Crippen LogP contribution in [0.3, 0.4) is 0 Å². The Morgan fingerprint density at radius 3 is 2.18 bits per heavy atom. The number of hydrogen-bond acceptors (Lipinski definition) is 5. The Labute approximate surface area is 167 Å². The van der Waals surface area contributed by atoms with E-state index < -0.39 is 11.9 Å². The van der Waals surface area contributed by atoms with Gasteiger partial charge in [-0.15, -0.1) is 0 Å². The lowest BCUT2D eigenvalue weighted by molar-refractivity contribution is 0.0445. The summed E-state index contributed by atoms with van der Waals surface area (Å²) in [5.41, 5.74) is 0.480. The van der Waals surface area contributed by atoms with Crippen molar-refractivity contribution >= 4 is 23.5 Å². The molecule has 0 aromatic heterocycles. The van der Waals surface area contributed by atoms with E-state index in [4.69, 9.17) is 25.8 Å². The summed E-state index contributed by atoms with van der Waals surface area (Å²) < 4.78 is 16.1. The summed E-state index contributed by atoms with van der Waals surface area (Å²) in [6.45, 7) is 0.273. The largest absolute Gasteiger partial charge is 0.490 e. The molecule has 3 aromatic carbocycles. The second-order valence-corrected chi connectivity index (χ2v) is 6.13. The van der Waals surface area contributed by atoms with Gasteiger partial charge in [-0.2, -0.15) is 0 Å². The van der Waals surface area contributed by atoms with Crippen LogP contribution in [-0.2, 0) is 4.74 Å². The Bertz CT molecular complexity index is 939. The molecule has 0 N–H and O–H groups in total. The minimum Gasteiger partial charge on any atom is -0.490 e. The molecule has 0 atom stereocenters. The highest BCUT2D eigenvalue weighted by atomic mass is 35.5. The standard InChI is InChI=1S/C22H17ClO5/c23-17-12-10-16(11-13-17)21(24)28-20-9-5-4-8-19(20)22(25)27-15-14-26-18-6-2-1-3-7-18/h1-13H,14-15H2. The summed E-state index contributed by atoms with van der Waals surface area (Å²) in [7, 11) is 0. The monoisotopic (exact) mass is 396 g/mol. The van der Waals surface area contributed by atoms with E-state index >= 15 is 0 Å². The fraction of sp³-hybridized carbons (Fsp3) is 0.0909. The predicted octanol–water partition coefficient (Wildman–Crippen LogP) is 4.80. The van der Waals surface area contributed by atoms with Crippen molar-refractivity contribution in [2.45, 2.75) is 0 Å². The first-order valence-corrected chi connectivity index (χ1v) is 8.93. The molecule has 0 aliphatic heterocycles. The Hall–Kier alpha value is -3.31. The van der Waals surface area contributed by atoms with Crippen LogP contribution in [-0.4, -0.2) is 25.2 Å². The van der Waals surface area contributed by atoms with Crippen LogP contribution in [0.5, 0.6) is 11.5 Å². The molecule has 0 heterocycles. The lowest BCUT2D eigenvalue weighted by Crippen LogP contribution is -2.15. The van der Waals surface area contributed by atoms with E-state index in [0.717, 1.165) is 0 Å². The van der Waals surface area contributed by atoms with Gasteiger partial charge in [0.25, 0.3) is 0 Å². The molecule has 0 radical (unpaired) electrons. The number of rotatable bonds is 7. The van der Waals surface area contributed by atoms with Crippen LogP contribution in [0.4, 0.5) is 0 Å². The van der Waals surface area contributed by atoms with E-state index in [0.29, 0.717) is 16.3 Å². The van der Waals surface area contributed by atoms with Gasteiger partial charge in [-0.1, -0.05) is 41.9 Å². The molecule has 3 aromatic rings. The molecular weight excluding hydrogens is 380 g/mol. The first-order chi connectivity index (χ1) is 13.6. The number of ether oxygens (including phenoxy) is 3. The van der Waals surface area contributed by atoms with E-state index in [9.17, 15) is 9.59 Å². The van der Waals surface area contributed by atoms with Gasteiger partial charge in [0.1, 0.15) is 30.3 Å². The maximum Gasteiger partial charge on any atom is 0.343 e. The normalized spacial score (nSPS) is 10.2. The third kappa shape index (κ3) is 5.34. The molecule has 28 heavy (non-hydrogen) atoms. The highest BCUT2D eigenvalue weighted by molar-refractivity contribution is 6.30. The molecule has 6 heteroatoms. The number of benzene rings is 3. The maximum absolute atomic E-state index is 12.4. The second kappa shape index (κ2) is 9.58. The van der Waals surface area contributed by atoms with Gasteiger partial charge >= 0.3 is 11.9 Å². The summed E-state index contributed by atoms with van der Waals surface area (Å²) in [6.07, 6.45) is 0. The Balaban J connectivity index is 1.58. The van der Waals surface area contributed by atoms with Crippen molar-refractivity contribution in [2.24, 2.45) is 0 Å². The van der Waals surface area contributed by atoms with Gasteiger partial charge < -0.3 is 14.2 Å². The SMILES string of the molecule is O=C(Oc1ccccc1C(=O)OCCOc1ccccc1)c1ccc(Cl)cc1. The molecule has 0 aliphatic rings. The van der Waals surface area contributed by atoms with Crippen molar-refractivity contribution in [3.05, 3.63) is 95.0 Å². The lowest BCUT2D eigenvalue weighted by Gasteiger charge is -2.11. The highest BCUT2D eigenvalue weighted by Gasteiger charge is 2.17. The number of para-hydroxylation sites is 2. The molecule has 0 fully saturated rings. The topological polar surface area (TPSA) is 61.8 Å². The van der Waals surface area contributed by atoms with Gasteiger partial charge in [-0.25, -0.2) is 9.59 Å². The second-order valence-electron chi connectivity index (χ2n) is 5.69. The number of halogens is 1. The number of hydrogen-bond donors (Lipinski definition) is 0. The van der Waals surface area contributed by atoms with Crippen LogP contribution in [0, 0.1) is 0 Å². The van der Waals surface area contributed by atoms with Crippen molar-refractivity contribution < 1.29 is 23.8 Å². The average Bonchev–Trinajstić information content (AvgIpc) is 2.72. The lowest BCUT2D eigenvalue weighted by atomic mass is 10.2. The first kappa shape index (κ1) is 19.5. The van der Waals surface area contributed by atoms with Crippen LogP contribution < -0.4 is 9.47 Å². The van der Waals surface area contributed by atoms with E-state index in [1.165, 1.54) is 12.1 Å². The zero-order valence-corrected chi connectivity index (χ0v) is 15.6. The minimum absolute atomic E-state index is 0.0627. The van der Waals surface area contributed by atoms with Gasteiger partial charge in [0.2, 0.25) is 0 Å². The van der Waals surface area contributed by atoms with E-state index in [2.05, 4.69) is 0 Å². The predicted molar refractivity (Wildman–Crippen MR) is 105 cm³/mol. The summed E-state index contributed by atoms with van der Waals surface area (Å²) in [5.74, 6) is -0.382. The fourth-order valence-corrected chi connectivity index (χ4v) is 2.48. The van der Waals surface area contributed by atoms with Crippen LogP contribution in [0.2, 0.25) is 5.02 Å². The van der Waals surface area contributed by atoms with Crippen LogP contribution in [0.1, 0.15) is 20.7 Å². The first-order valence-electron chi connectivity index (χ1n) is 8.55. The van der Waals surface area contributed by atoms with E-state index in [1.807, 2.05) is 30.3 Å². The molecule has 142 valence electrons. The number of carbonyl (C=O) groups excluding carboxylic acids is 2. The molecule has 0 saturated carbocycles. The van der Waals surface area contributed by atoms with Crippen molar-refractivity contribution in [3.8, 4) is 11.5 Å². The molecule has 0 bridgehead atoms. The molecule has 0 unspecified atom stereocenters.